The Morgan fingerprint density at radius 2 is 2.10 bits per heavy atom. The second-order valence-corrected chi connectivity index (χ2v) is 4.23. The highest BCUT2D eigenvalue weighted by molar-refractivity contribution is 5.93. The Hall–Kier alpha value is -2.43. The second kappa shape index (κ2) is 6.65. The monoisotopic (exact) mass is 273 g/mol. The zero-order chi connectivity index (χ0) is 14.4. The molecule has 0 aliphatic carbocycles. The summed E-state index contributed by atoms with van der Waals surface area (Å²) in [6.45, 7) is 2.87. The van der Waals surface area contributed by atoms with Gasteiger partial charge >= 0.3 is 0 Å². The summed E-state index contributed by atoms with van der Waals surface area (Å²) in [5.74, 6) is -0.657. The first kappa shape index (κ1) is 14.0. The summed E-state index contributed by atoms with van der Waals surface area (Å²) in [4.78, 5) is 16.0. The molecule has 5 heteroatoms. The second-order valence-electron chi connectivity index (χ2n) is 4.23. The largest absolute Gasteiger partial charge is 0.385 e. The number of carbonyl (C=O) groups excluding carboxylic acids is 1. The lowest BCUT2D eigenvalue weighted by Gasteiger charge is -2.07. The lowest BCUT2D eigenvalue weighted by Crippen LogP contribution is -2.24. The third-order valence-corrected chi connectivity index (χ3v) is 2.77. The fourth-order valence-electron chi connectivity index (χ4n) is 1.78. The van der Waals surface area contributed by atoms with Gasteiger partial charge in [-0.25, -0.2) is 4.39 Å². The van der Waals surface area contributed by atoms with Gasteiger partial charge in [-0.1, -0.05) is 18.2 Å². The lowest BCUT2D eigenvalue weighted by molar-refractivity contribution is 0.0945. The van der Waals surface area contributed by atoms with Gasteiger partial charge in [-0.3, -0.25) is 9.78 Å². The third-order valence-electron chi connectivity index (χ3n) is 2.77. The first-order valence-electron chi connectivity index (χ1n) is 6.42. The highest BCUT2D eigenvalue weighted by Crippen LogP contribution is 2.09. The third kappa shape index (κ3) is 3.54. The molecule has 1 aromatic carbocycles. The maximum Gasteiger partial charge on any atom is 0.270 e. The van der Waals surface area contributed by atoms with E-state index in [1.807, 2.05) is 6.92 Å². The first-order chi connectivity index (χ1) is 9.70. The molecule has 0 fully saturated rings. The molecule has 1 amide bonds. The molecule has 0 atom stereocenters. The van der Waals surface area contributed by atoms with Crippen molar-refractivity contribution in [3.05, 3.63) is 59.7 Å². The van der Waals surface area contributed by atoms with Crippen LogP contribution in [0.4, 0.5) is 10.1 Å². The molecule has 0 aliphatic heterocycles. The van der Waals surface area contributed by atoms with Crippen molar-refractivity contribution in [2.24, 2.45) is 0 Å². The number of nitrogens with zero attached hydrogens (tertiary/aromatic N) is 1. The van der Waals surface area contributed by atoms with Crippen LogP contribution in [-0.2, 0) is 6.54 Å². The number of aromatic nitrogens is 1. The van der Waals surface area contributed by atoms with E-state index in [1.165, 1.54) is 6.07 Å². The standard InChI is InChI=1S/C15H16FN3O/c1-2-17-12-7-8-18-14(9-12)15(20)19-10-11-5-3-4-6-13(11)16/h3-9H,2,10H2,1H3,(H,17,18)(H,19,20). The Labute approximate surface area is 117 Å². The van der Waals surface area contributed by atoms with Gasteiger partial charge in [-0.05, 0) is 25.1 Å². The normalized spacial score (nSPS) is 10.1. The SMILES string of the molecule is CCNc1ccnc(C(=O)NCc2ccccc2F)c1. The number of pyridine rings is 1. The van der Waals surface area contributed by atoms with Gasteiger partial charge in [0.1, 0.15) is 11.5 Å². The van der Waals surface area contributed by atoms with E-state index in [0.717, 1.165) is 12.2 Å². The molecule has 0 spiro atoms. The fraction of sp³-hybridized carbons (Fsp3) is 0.200. The Kier molecular flexibility index (Phi) is 4.65. The van der Waals surface area contributed by atoms with Gasteiger partial charge in [0.25, 0.3) is 5.91 Å². The van der Waals surface area contributed by atoms with Crippen LogP contribution in [-0.4, -0.2) is 17.4 Å². The first-order valence-corrected chi connectivity index (χ1v) is 6.42. The Morgan fingerprint density at radius 3 is 2.85 bits per heavy atom. The van der Waals surface area contributed by atoms with Crippen LogP contribution in [0.2, 0.25) is 0 Å². The number of anilines is 1. The average molecular weight is 273 g/mol. The van der Waals surface area contributed by atoms with Crippen LogP contribution in [0.15, 0.2) is 42.6 Å². The van der Waals surface area contributed by atoms with Crippen molar-refractivity contribution in [3.8, 4) is 0 Å². The maximum absolute atomic E-state index is 13.4. The number of rotatable bonds is 5. The van der Waals surface area contributed by atoms with Crippen LogP contribution < -0.4 is 10.6 Å². The number of hydrogen-bond donors (Lipinski definition) is 2. The number of halogens is 1. The number of benzene rings is 1. The number of carbonyl (C=O) groups is 1. The summed E-state index contributed by atoms with van der Waals surface area (Å²) in [7, 11) is 0. The maximum atomic E-state index is 13.4. The zero-order valence-electron chi connectivity index (χ0n) is 11.2. The summed E-state index contributed by atoms with van der Waals surface area (Å²) in [6, 6.07) is 9.80. The van der Waals surface area contributed by atoms with Crippen LogP contribution in [0.3, 0.4) is 0 Å². The molecule has 2 rings (SSSR count). The van der Waals surface area contributed by atoms with Crippen molar-refractivity contribution in [2.45, 2.75) is 13.5 Å². The van der Waals surface area contributed by atoms with Crippen molar-refractivity contribution < 1.29 is 9.18 Å². The number of amides is 1. The summed E-state index contributed by atoms with van der Waals surface area (Å²) in [6.07, 6.45) is 1.57. The summed E-state index contributed by atoms with van der Waals surface area (Å²) < 4.78 is 13.4. The molecule has 1 aromatic heterocycles. The smallest absolute Gasteiger partial charge is 0.270 e. The molecule has 1 heterocycles. The minimum Gasteiger partial charge on any atom is -0.385 e. The molecule has 2 aromatic rings. The Morgan fingerprint density at radius 1 is 1.30 bits per heavy atom. The fourth-order valence-corrected chi connectivity index (χ4v) is 1.78. The van der Waals surface area contributed by atoms with E-state index < -0.39 is 0 Å². The summed E-state index contributed by atoms with van der Waals surface area (Å²) in [5, 5.41) is 5.76. The molecule has 0 saturated heterocycles. The minimum absolute atomic E-state index is 0.138. The molecule has 0 aliphatic rings. The zero-order valence-corrected chi connectivity index (χ0v) is 11.2. The minimum atomic E-state index is -0.331. The predicted octanol–water partition coefficient (Wildman–Crippen LogP) is 2.58. The molecule has 4 nitrogen and oxygen atoms in total. The van der Waals surface area contributed by atoms with E-state index in [2.05, 4.69) is 15.6 Å². The Balaban J connectivity index is 2.01. The van der Waals surface area contributed by atoms with Crippen LogP contribution >= 0.6 is 0 Å². The van der Waals surface area contributed by atoms with E-state index in [0.29, 0.717) is 11.3 Å². The molecule has 20 heavy (non-hydrogen) atoms. The number of hydrogen-bond acceptors (Lipinski definition) is 3. The van der Waals surface area contributed by atoms with Gasteiger partial charge in [0, 0.05) is 30.5 Å². The van der Waals surface area contributed by atoms with Crippen molar-refractivity contribution in [1.29, 1.82) is 0 Å². The van der Waals surface area contributed by atoms with Gasteiger partial charge in [0.2, 0.25) is 0 Å². The van der Waals surface area contributed by atoms with Crippen molar-refractivity contribution >= 4 is 11.6 Å². The predicted molar refractivity (Wildman–Crippen MR) is 76.0 cm³/mol. The molecule has 2 N–H and O–H groups in total. The quantitative estimate of drug-likeness (QED) is 0.880. The van der Waals surface area contributed by atoms with Crippen molar-refractivity contribution in [1.82, 2.24) is 10.3 Å². The van der Waals surface area contributed by atoms with Crippen LogP contribution in [0.1, 0.15) is 23.0 Å². The Bertz CT molecular complexity index is 601. The van der Waals surface area contributed by atoms with Crippen LogP contribution in [0.25, 0.3) is 0 Å². The van der Waals surface area contributed by atoms with Crippen LogP contribution in [0.5, 0.6) is 0 Å². The molecule has 0 saturated carbocycles. The van der Waals surface area contributed by atoms with Crippen LogP contribution in [0, 0.1) is 5.82 Å². The van der Waals surface area contributed by atoms with E-state index in [-0.39, 0.29) is 18.3 Å². The molecule has 0 bridgehead atoms. The highest BCUT2D eigenvalue weighted by Gasteiger charge is 2.08. The van der Waals surface area contributed by atoms with Gasteiger partial charge in [-0.2, -0.15) is 0 Å². The molecule has 0 unspecified atom stereocenters. The molecule has 0 radical (unpaired) electrons. The van der Waals surface area contributed by atoms with Gasteiger partial charge in [0.15, 0.2) is 0 Å². The van der Waals surface area contributed by atoms with E-state index in [9.17, 15) is 9.18 Å². The summed E-state index contributed by atoms with van der Waals surface area (Å²) >= 11 is 0. The molecular weight excluding hydrogens is 257 g/mol. The average Bonchev–Trinajstić information content (AvgIpc) is 2.47. The van der Waals surface area contributed by atoms with E-state index in [4.69, 9.17) is 0 Å². The van der Waals surface area contributed by atoms with Gasteiger partial charge in [0.05, 0.1) is 0 Å². The van der Waals surface area contributed by atoms with Gasteiger partial charge < -0.3 is 10.6 Å². The van der Waals surface area contributed by atoms with E-state index in [1.54, 1.807) is 36.5 Å². The van der Waals surface area contributed by atoms with Crippen molar-refractivity contribution in [2.75, 3.05) is 11.9 Å². The van der Waals surface area contributed by atoms with Crippen molar-refractivity contribution in [3.63, 3.8) is 0 Å². The molecule has 104 valence electrons. The highest BCUT2D eigenvalue weighted by atomic mass is 19.1. The summed E-state index contributed by atoms with van der Waals surface area (Å²) in [5.41, 5.74) is 1.59. The number of nitrogens with one attached hydrogen (secondary N) is 2. The van der Waals surface area contributed by atoms with Gasteiger partial charge in [-0.15, -0.1) is 0 Å². The van der Waals surface area contributed by atoms with E-state index >= 15 is 0 Å². The topological polar surface area (TPSA) is 54.0 Å². The lowest BCUT2D eigenvalue weighted by atomic mass is 10.2. The molecular formula is C15H16FN3O.